The quantitative estimate of drug-likeness (QED) is 0.679. The summed E-state index contributed by atoms with van der Waals surface area (Å²) in [7, 11) is 0. The molecule has 0 spiro atoms. The van der Waals surface area contributed by atoms with E-state index >= 15 is 0 Å². The van der Waals surface area contributed by atoms with E-state index in [2.05, 4.69) is 5.32 Å². The van der Waals surface area contributed by atoms with Crippen molar-refractivity contribution in [3.05, 3.63) is 11.6 Å². The Bertz CT molecular complexity index is 274. The molecule has 1 rings (SSSR count). The van der Waals surface area contributed by atoms with Gasteiger partial charge < -0.3 is 19.9 Å². The number of ether oxygens (including phenoxy) is 2. The van der Waals surface area contributed by atoms with Crippen LogP contribution in [-0.4, -0.2) is 49.6 Å². The fraction of sp³-hybridized carbons (Fsp3) is 0.750. The summed E-state index contributed by atoms with van der Waals surface area (Å²) in [4.78, 5) is 11.1. The molecule has 1 heterocycles. The summed E-state index contributed by atoms with van der Waals surface area (Å²) >= 11 is 0. The van der Waals surface area contributed by atoms with Crippen molar-refractivity contribution >= 4 is 5.91 Å². The van der Waals surface area contributed by atoms with Gasteiger partial charge in [0.1, 0.15) is 12.7 Å². The van der Waals surface area contributed by atoms with E-state index in [0.717, 1.165) is 0 Å². The maximum Gasteiger partial charge on any atom is 0.246 e. The predicted molar refractivity (Wildman–Crippen MR) is 63.6 cm³/mol. The Morgan fingerprint density at radius 1 is 1.59 bits per heavy atom. The van der Waals surface area contributed by atoms with Crippen molar-refractivity contribution < 1.29 is 19.4 Å². The van der Waals surface area contributed by atoms with Crippen LogP contribution in [0.3, 0.4) is 0 Å². The first-order valence-corrected chi connectivity index (χ1v) is 5.86. The molecule has 1 aliphatic rings. The number of allylic oxidation sites excluding steroid dienone is 1. The van der Waals surface area contributed by atoms with Gasteiger partial charge in [0.2, 0.25) is 5.91 Å². The summed E-state index contributed by atoms with van der Waals surface area (Å²) in [6.07, 6.45) is 2.56. The molecular formula is C12H21NO4. The Balaban J connectivity index is 2.42. The first-order chi connectivity index (χ1) is 8.13. The minimum Gasteiger partial charge on any atom is -0.387 e. The number of carbonyl (C=O) groups excluding carboxylic acids is 1. The average molecular weight is 243 g/mol. The molecule has 17 heavy (non-hydrogen) atoms. The number of hydrogen-bond donors (Lipinski definition) is 2. The molecule has 98 valence electrons. The van der Waals surface area contributed by atoms with E-state index in [-0.39, 0.29) is 18.1 Å². The van der Waals surface area contributed by atoms with E-state index in [9.17, 15) is 4.79 Å². The third kappa shape index (κ3) is 5.30. The lowest BCUT2D eigenvalue weighted by atomic mass is 10.1. The number of carbonyl (C=O) groups is 1. The topological polar surface area (TPSA) is 67.8 Å². The summed E-state index contributed by atoms with van der Waals surface area (Å²) < 4.78 is 11.0. The second kappa shape index (κ2) is 7.42. The number of aliphatic hydroxyl groups is 1. The minimum atomic E-state index is -0.488. The molecule has 2 N–H and O–H groups in total. The SMILES string of the molecule is CC(C)=CCO[C@@H]1COCC[C@H]1NC(=O)CO. The van der Waals surface area contributed by atoms with Gasteiger partial charge in [-0.1, -0.05) is 11.6 Å². The van der Waals surface area contributed by atoms with Crippen molar-refractivity contribution in [1.29, 1.82) is 0 Å². The predicted octanol–water partition coefficient (Wildman–Crippen LogP) is 0.235. The van der Waals surface area contributed by atoms with Crippen molar-refractivity contribution in [3.63, 3.8) is 0 Å². The smallest absolute Gasteiger partial charge is 0.246 e. The third-order valence-corrected chi connectivity index (χ3v) is 2.60. The lowest BCUT2D eigenvalue weighted by molar-refractivity contribution is -0.128. The van der Waals surface area contributed by atoms with E-state index in [4.69, 9.17) is 14.6 Å². The van der Waals surface area contributed by atoms with Gasteiger partial charge in [0.05, 0.1) is 19.3 Å². The normalized spacial score (nSPS) is 24.2. The molecule has 5 heteroatoms. The summed E-state index contributed by atoms with van der Waals surface area (Å²) in [5.74, 6) is -0.368. The molecule has 0 bridgehead atoms. The Kier molecular flexibility index (Phi) is 6.18. The molecule has 0 aromatic carbocycles. The largest absolute Gasteiger partial charge is 0.387 e. The van der Waals surface area contributed by atoms with Crippen LogP contribution < -0.4 is 5.32 Å². The third-order valence-electron chi connectivity index (χ3n) is 2.60. The van der Waals surface area contributed by atoms with Crippen molar-refractivity contribution in [3.8, 4) is 0 Å². The van der Waals surface area contributed by atoms with E-state index in [0.29, 0.717) is 26.2 Å². The van der Waals surface area contributed by atoms with E-state index in [1.165, 1.54) is 5.57 Å². The van der Waals surface area contributed by atoms with Gasteiger partial charge in [0.15, 0.2) is 0 Å². The number of hydrogen-bond acceptors (Lipinski definition) is 4. The van der Waals surface area contributed by atoms with Crippen LogP contribution >= 0.6 is 0 Å². The molecule has 0 radical (unpaired) electrons. The van der Waals surface area contributed by atoms with E-state index < -0.39 is 6.61 Å². The van der Waals surface area contributed by atoms with Gasteiger partial charge in [-0.2, -0.15) is 0 Å². The Hall–Kier alpha value is -0.910. The number of rotatable bonds is 5. The first-order valence-electron chi connectivity index (χ1n) is 5.86. The number of nitrogens with one attached hydrogen (secondary N) is 1. The molecule has 1 saturated heterocycles. The summed E-state index contributed by atoms with van der Waals surface area (Å²) in [6, 6.07) is -0.0750. The highest BCUT2D eigenvalue weighted by Crippen LogP contribution is 2.11. The number of amides is 1. The van der Waals surface area contributed by atoms with Crippen LogP contribution in [0.1, 0.15) is 20.3 Å². The second-order valence-electron chi connectivity index (χ2n) is 4.35. The van der Waals surface area contributed by atoms with Gasteiger partial charge in [-0.25, -0.2) is 0 Å². The molecule has 0 aliphatic carbocycles. The van der Waals surface area contributed by atoms with E-state index in [1.807, 2.05) is 19.9 Å². The minimum absolute atomic E-state index is 0.0750. The Morgan fingerprint density at radius 3 is 3.00 bits per heavy atom. The standard InChI is InChI=1S/C12H21NO4/c1-9(2)3-6-17-11-8-16-5-4-10(11)13-12(15)7-14/h3,10-11,14H,4-8H2,1-2H3,(H,13,15)/t10-,11-/m1/s1. The average Bonchev–Trinajstić information content (AvgIpc) is 2.30. The lowest BCUT2D eigenvalue weighted by Crippen LogP contribution is -2.50. The van der Waals surface area contributed by atoms with E-state index in [1.54, 1.807) is 0 Å². The van der Waals surface area contributed by atoms with Crippen molar-refractivity contribution in [2.75, 3.05) is 26.4 Å². The Labute approximate surface area is 102 Å². The zero-order valence-corrected chi connectivity index (χ0v) is 10.4. The molecule has 0 unspecified atom stereocenters. The molecule has 1 amide bonds. The van der Waals surface area contributed by atoms with Crippen molar-refractivity contribution in [2.45, 2.75) is 32.4 Å². The van der Waals surface area contributed by atoms with Gasteiger partial charge in [0.25, 0.3) is 0 Å². The lowest BCUT2D eigenvalue weighted by Gasteiger charge is -2.31. The maximum atomic E-state index is 11.1. The zero-order chi connectivity index (χ0) is 12.7. The molecule has 0 saturated carbocycles. The van der Waals surface area contributed by atoms with Gasteiger partial charge in [-0.15, -0.1) is 0 Å². The van der Waals surface area contributed by atoms with Crippen LogP contribution in [0.25, 0.3) is 0 Å². The fourth-order valence-electron chi connectivity index (χ4n) is 1.63. The molecule has 1 fully saturated rings. The number of aliphatic hydroxyl groups excluding tert-OH is 1. The molecule has 2 atom stereocenters. The zero-order valence-electron chi connectivity index (χ0n) is 10.4. The van der Waals surface area contributed by atoms with Crippen LogP contribution in [0.5, 0.6) is 0 Å². The van der Waals surface area contributed by atoms with Crippen LogP contribution in [0, 0.1) is 0 Å². The summed E-state index contributed by atoms with van der Waals surface area (Å²) in [5, 5.41) is 11.4. The second-order valence-corrected chi connectivity index (χ2v) is 4.35. The molecule has 0 aromatic rings. The van der Waals surface area contributed by atoms with Gasteiger partial charge >= 0.3 is 0 Å². The van der Waals surface area contributed by atoms with Gasteiger partial charge in [-0.05, 0) is 20.3 Å². The van der Waals surface area contributed by atoms with Crippen LogP contribution in [-0.2, 0) is 14.3 Å². The monoisotopic (exact) mass is 243 g/mol. The van der Waals surface area contributed by atoms with Crippen molar-refractivity contribution in [1.82, 2.24) is 5.32 Å². The highest BCUT2D eigenvalue weighted by atomic mass is 16.5. The fourth-order valence-corrected chi connectivity index (χ4v) is 1.63. The van der Waals surface area contributed by atoms with Crippen LogP contribution in [0.4, 0.5) is 0 Å². The summed E-state index contributed by atoms with van der Waals surface area (Å²) in [5.41, 5.74) is 1.19. The van der Waals surface area contributed by atoms with Gasteiger partial charge in [0, 0.05) is 6.61 Å². The maximum absolute atomic E-state index is 11.1. The van der Waals surface area contributed by atoms with Crippen LogP contribution in [0.2, 0.25) is 0 Å². The molecule has 1 aliphatic heterocycles. The summed E-state index contributed by atoms with van der Waals surface area (Å²) in [6.45, 7) is 5.13. The Morgan fingerprint density at radius 2 is 2.35 bits per heavy atom. The molecule has 0 aromatic heterocycles. The highest BCUT2D eigenvalue weighted by molar-refractivity contribution is 5.77. The highest BCUT2D eigenvalue weighted by Gasteiger charge is 2.27. The molecular weight excluding hydrogens is 222 g/mol. The van der Waals surface area contributed by atoms with Gasteiger partial charge in [-0.3, -0.25) is 4.79 Å². The first kappa shape index (κ1) is 14.2. The van der Waals surface area contributed by atoms with Crippen molar-refractivity contribution in [2.24, 2.45) is 0 Å². The molecule has 5 nitrogen and oxygen atoms in total. The van der Waals surface area contributed by atoms with Crippen LogP contribution in [0.15, 0.2) is 11.6 Å².